The summed E-state index contributed by atoms with van der Waals surface area (Å²) in [6.45, 7) is 1.75. The quantitative estimate of drug-likeness (QED) is 0.873. The normalized spacial score (nSPS) is 28.7. The lowest BCUT2D eigenvalue weighted by Gasteiger charge is -2.28. The number of benzene rings is 1. The number of likely N-dealkylation sites (tertiary alicyclic amines) is 2. The number of aliphatic carboxylic acids is 1. The van der Waals surface area contributed by atoms with Gasteiger partial charge in [0.05, 0.1) is 6.42 Å². The number of nitrogens with zero attached hydrogens (tertiary/aromatic N) is 2. The lowest BCUT2D eigenvalue weighted by molar-refractivity contribution is -0.149. The fraction of sp³-hybridized carbons (Fsp3) is 0.600. The van der Waals surface area contributed by atoms with Gasteiger partial charge in [-0.15, -0.1) is 0 Å². The van der Waals surface area contributed by atoms with Gasteiger partial charge in [-0.05, 0) is 30.5 Å². The van der Waals surface area contributed by atoms with Crippen LogP contribution >= 0.6 is 0 Å². The van der Waals surface area contributed by atoms with E-state index in [1.807, 2.05) is 0 Å². The van der Waals surface area contributed by atoms with Crippen molar-refractivity contribution >= 4 is 11.9 Å². The van der Waals surface area contributed by atoms with Crippen molar-refractivity contribution in [2.24, 2.45) is 11.3 Å². The summed E-state index contributed by atoms with van der Waals surface area (Å²) in [7, 11) is 0. The summed E-state index contributed by atoms with van der Waals surface area (Å²) in [4.78, 5) is 28.6. The molecule has 27 heavy (non-hydrogen) atoms. The van der Waals surface area contributed by atoms with Gasteiger partial charge in [0.15, 0.2) is 0 Å². The molecule has 0 spiro atoms. The van der Waals surface area contributed by atoms with Crippen LogP contribution in [-0.2, 0) is 16.0 Å². The van der Waals surface area contributed by atoms with E-state index in [1.165, 1.54) is 12.8 Å². The molecule has 1 aliphatic carbocycles. The zero-order chi connectivity index (χ0) is 19.2. The summed E-state index contributed by atoms with van der Waals surface area (Å²) in [5.41, 5.74) is -0.655. The zero-order valence-electron chi connectivity index (χ0n) is 15.2. The number of halogens is 2. The van der Waals surface area contributed by atoms with E-state index in [-0.39, 0.29) is 30.4 Å². The molecule has 3 aliphatic rings. The maximum absolute atomic E-state index is 13.4. The Morgan fingerprint density at radius 1 is 1.07 bits per heavy atom. The van der Waals surface area contributed by atoms with E-state index in [0.717, 1.165) is 31.0 Å². The van der Waals surface area contributed by atoms with Gasteiger partial charge in [-0.2, -0.15) is 0 Å². The lowest BCUT2D eigenvalue weighted by Crippen LogP contribution is -2.43. The molecule has 1 saturated carbocycles. The van der Waals surface area contributed by atoms with E-state index in [1.54, 1.807) is 4.90 Å². The van der Waals surface area contributed by atoms with Crippen molar-refractivity contribution in [1.29, 1.82) is 0 Å². The first kappa shape index (κ1) is 18.3. The Balaban J connectivity index is 1.46. The first-order valence-corrected chi connectivity index (χ1v) is 9.57. The number of carbonyl (C=O) groups excluding carboxylic acids is 1. The maximum atomic E-state index is 13.4. The summed E-state index contributed by atoms with van der Waals surface area (Å²) < 4.78 is 26.7. The molecule has 3 fully saturated rings. The Bertz CT molecular complexity index is 745. The minimum absolute atomic E-state index is 0.0937. The Kier molecular flexibility index (Phi) is 4.66. The summed E-state index contributed by atoms with van der Waals surface area (Å²) in [5.74, 6) is -2.65. The van der Waals surface area contributed by atoms with E-state index >= 15 is 0 Å². The lowest BCUT2D eigenvalue weighted by atomic mass is 9.81. The predicted molar refractivity (Wildman–Crippen MR) is 94.0 cm³/mol. The summed E-state index contributed by atoms with van der Waals surface area (Å²) in [6, 6.07) is 3.52. The third kappa shape index (κ3) is 3.33. The van der Waals surface area contributed by atoms with Gasteiger partial charge >= 0.3 is 5.97 Å². The van der Waals surface area contributed by atoms with Crippen LogP contribution in [0.3, 0.4) is 0 Å². The monoisotopic (exact) mass is 378 g/mol. The zero-order valence-corrected chi connectivity index (χ0v) is 15.2. The van der Waals surface area contributed by atoms with Crippen LogP contribution in [0.25, 0.3) is 0 Å². The van der Waals surface area contributed by atoms with E-state index in [9.17, 15) is 23.5 Å². The van der Waals surface area contributed by atoms with Crippen LogP contribution in [0.5, 0.6) is 0 Å². The van der Waals surface area contributed by atoms with Gasteiger partial charge in [0.1, 0.15) is 17.0 Å². The SMILES string of the molecule is O=C(Cc1cc(F)cc(F)c1)N1C[C@@H]2CN(C3CCCC3)C[C@]2(C(=O)O)C1. The predicted octanol–water partition coefficient (Wildman–Crippen LogP) is 2.29. The number of hydrogen-bond acceptors (Lipinski definition) is 3. The molecule has 5 nitrogen and oxygen atoms in total. The van der Waals surface area contributed by atoms with E-state index < -0.39 is 23.0 Å². The molecule has 4 rings (SSSR count). The van der Waals surface area contributed by atoms with Crippen LogP contribution < -0.4 is 0 Å². The van der Waals surface area contributed by atoms with Crippen molar-refractivity contribution in [3.63, 3.8) is 0 Å². The third-order valence-electron chi connectivity index (χ3n) is 6.53. The van der Waals surface area contributed by atoms with Crippen molar-refractivity contribution in [3.8, 4) is 0 Å². The van der Waals surface area contributed by atoms with Crippen LogP contribution in [0.1, 0.15) is 31.2 Å². The van der Waals surface area contributed by atoms with Crippen molar-refractivity contribution in [2.45, 2.75) is 38.1 Å². The van der Waals surface area contributed by atoms with Gasteiger partial charge in [-0.1, -0.05) is 12.8 Å². The smallest absolute Gasteiger partial charge is 0.313 e. The Hall–Kier alpha value is -2.02. The largest absolute Gasteiger partial charge is 0.481 e. The molecule has 2 heterocycles. The molecular weight excluding hydrogens is 354 g/mol. The number of amides is 1. The van der Waals surface area contributed by atoms with Gasteiger partial charge in [0.25, 0.3) is 0 Å². The fourth-order valence-electron chi connectivity index (χ4n) is 5.14. The highest BCUT2D eigenvalue weighted by molar-refractivity contribution is 5.83. The maximum Gasteiger partial charge on any atom is 0.313 e. The first-order chi connectivity index (χ1) is 12.9. The molecule has 0 radical (unpaired) electrons. The standard InChI is InChI=1S/C20H24F2N2O3/c21-15-5-13(6-16(22)8-15)7-18(25)24-10-14-9-23(17-3-1-2-4-17)11-20(14,12-24)19(26)27/h5-6,8,14,17H,1-4,7,9-12H2,(H,26,27)/t14-,20-/m0/s1. The number of carbonyl (C=O) groups is 2. The molecule has 2 aliphatic heterocycles. The average molecular weight is 378 g/mol. The second kappa shape index (κ2) is 6.86. The van der Waals surface area contributed by atoms with Gasteiger partial charge in [-0.3, -0.25) is 14.5 Å². The second-order valence-corrected chi connectivity index (χ2v) is 8.25. The minimum Gasteiger partial charge on any atom is -0.481 e. The van der Waals surface area contributed by atoms with E-state index in [4.69, 9.17) is 0 Å². The van der Waals surface area contributed by atoms with Crippen molar-refractivity contribution in [3.05, 3.63) is 35.4 Å². The summed E-state index contributed by atoms with van der Waals surface area (Å²) in [5, 5.41) is 9.93. The molecular formula is C20H24F2N2O3. The summed E-state index contributed by atoms with van der Waals surface area (Å²) in [6.07, 6.45) is 4.51. The number of carboxylic acid groups (broad SMARTS) is 1. The summed E-state index contributed by atoms with van der Waals surface area (Å²) >= 11 is 0. The molecule has 0 aromatic heterocycles. The van der Waals surface area contributed by atoms with Gasteiger partial charge in [0.2, 0.25) is 5.91 Å². The van der Waals surface area contributed by atoms with Gasteiger partial charge < -0.3 is 10.0 Å². The van der Waals surface area contributed by atoms with Crippen LogP contribution in [0.2, 0.25) is 0 Å². The molecule has 2 atom stereocenters. The van der Waals surface area contributed by atoms with Crippen LogP contribution in [0.4, 0.5) is 8.78 Å². The molecule has 146 valence electrons. The highest BCUT2D eigenvalue weighted by Gasteiger charge is 2.59. The minimum atomic E-state index is -0.925. The van der Waals surface area contributed by atoms with Gasteiger partial charge in [0, 0.05) is 44.2 Å². The molecule has 1 N–H and O–H groups in total. The Labute approximate surface area is 156 Å². The molecule has 7 heteroatoms. The fourth-order valence-corrected chi connectivity index (χ4v) is 5.14. The Morgan fingerprint density at radius 3 is 2.33 bits per heavy atom. The number of carboxylic acids is 1. The average Bonchev–Trinajstić information content (AvgIpc) is 3.28. The Morgan fingerprint density at radius 2 is 1.74 bits per heavy atom. The van der Waals surface area contributed by atoms with E-state index in [2.05, 4.69) is 4.90 Å². The molecule has 1 aromatic carbocycles. The molecule has 0 bridgehead atoms. The number of fused-ring (bicyclic) bond motifs is 1. The van der Waals surface area contributed by atoms with Crippen LogP contribution in [-0.4, -0.2) is 59.0 Å². The van der Waals surface area contributed by atoms with E-state index in [0.29, 0.717) is 25.7 Å². The molecule has 1 aromatic rings. The molecule has 1 amide bonds. The topological polar surface area (TPSA) is 60.9 Å². The first-order valence-electron chi connectivity index (χ1n) is 9.57. The van der Waals surface area contributed by atoms with Crippen LogP contribution in [0, 0.1) is 23.0 Å². The highest BCUT2D eigenvalue weighted by atomic mass is 19.1. The second-order valence-electron chi connectivity index (χ2n) is 8.25. The van der Waals surface area contributed by atoms with Crippen LogP contribution in [0.15, 0.2) is 18.2 Å². The number of hydrogen-bond donors (Lipinski definition) is 1. The van der Waals surface area contributed by atoms with Gasteiger partial charge in [-0.25, -0.2) is 8.78 Å². The molecule has 0 unspecified atom stereocenters. The highest BCUT2D eigenvalue weighted by Crippen LogP contribution is 2.45. The number of rotatable bonds is 4. The molecule has 2 saturated heterocycles. The third-order valence-corrected chi connectivity index (χ3v) is 6.53. The van der Waals surface area contributed by atoms with Crippen molar-refractivity contribution in [1.82, 2.24) is 9.80 Å². The van der Waals surface area contributed by atoms with Crippen molar-refractivity contribution < 1.29 is 23.5 Å². The van der Waals surface area contributed by atoms with Crippen molar-refractivity contribution in [2.75, 3.05) is 26.2 Å².